The molecule has 0 atom stereocenters. The lowest BCUT2D eigenvalue weighted by Crippen LogP contribution is -2.41. The van der Waals surface area contributed by atoms with Gasteiger partial charge in [0.1, 0.15) is 0 Å². The van der Waals surface area contributed by atoms with Crippen molar-refractivity contribution in [2.45, 2.75) is 38.1 Å². The van der Waals surface area contributed by atoms with Crippen molar-refractivity contribution < 1.29 is 4.79 Å². The van der Waals surface area contributed by atoms with Crippen molar-refractivity contribution in [3.63, 3.8) is 0 Å². The molecule has 0 spiro atoms. The van der Waals surface area contributed by atoms with Gasteiger partial charge in [0.25, 0.3) is 0 Å². The molecule has 2 rings (SSSR count). The zero-order chi connectivity index (χ0) is 11.8. The number of benzene rings is 1. The van der Waals surface area contributed by atoms with Gasteiger partial charge < -0.3 is 5.32 Å². The van der Waals surface area contributed by atoms with E-state index < -0.39 is 5.41 Å². The predicted molar refractivity (Wildman–Crippen MR) is 65.6 cm³/mol. The number of hydrogen-bond donors (Lipinski definition) is 1. The molecule has 0 aromatic heterocycles. The largest absolute Gasteiger partial charge is 0.353 e. The van der Waals surface area contributed by atoms with Crippen molar-refractivity contribution in [1.82, 2.24) is 5.32 Å². The molecule has 1 aliphatic rings. The molecule has 1 aromatic carbocycles. The van der Waals surface area contributed by atoms with Crippen LogP contribution < -0.4 is 5.32 Å². The number of halogens is 1. The zero-order valence-corrected chi connectivity index (χ0v) is 10.3. The topological polar surface area (TPSA) is 29.1 Å². The molecule has 1 amide bonds. The quantitative estimate of drug-likeness (QED) is 0.861. The summed E-state index contributed by atoms with van der Waals surface area (Å²) in [6.07, 6.45) is 2.22. The lowest BCUT2D eigenvalue weighted by molar-refractivity contribution is -0.125. The second kappa shape index (κ2) is 4.10. The average molecular weight is 238 g/mol. The molecule has 1 saturated carbocycles. The van der Waals surface area contributed by atoms with Gasteiger partial charge in [-0.15, -0.1) is 0 Å². The van der Waals surface area contributed by atoms with Crippen molar-refractivity contribution in [3.8, 4) is 0 Å². The normalized spacial score (nSPS) is 15.9. The van der Waals surface area contributed by atoms with Crippen LogP contribution in [0.2, 0.25) is 5.02 Å². The molecule has 1 N–H and O–H groups in total. The Hall–Kier alpha value is -1.02. The molecule has 0 bridgehead atoms. The Kier molecular flexibility index (Phi) is 2.94. The molecule has 0 saturated heterocycles. The average Bonchev–Trinajstić information content (AvgIpc) is 3.01. The fraction of sp³-hybridized carbons (Fsp3) is 0.462. The third-order valence-corrected chi connectivity index (χ3v) is 3.26. The van der Waals surface area contributed by atoms with Crippen LogP contribution >= 0.6 is 11.6 Å². The van der Waals surface area contributed by atoms with Crippen LogP contribution in [0.25, 0.3) is 0 Å². The highest BCUT2D eigenvalue weighted by Crippen LogP contribution is 2.28. The highest BCUT2D eigenvalue weighted by Gasteiger charge is 2.33. The molecule has 1 aromatic rings. The second-order valence-corrected chi connectivity index (χ2v) is 5.32. The van der Waals surface area contributed by atoms with Crippen molar-refractivity contribution >= 4 is 17.5 Å². The Bertz CT molecular complexity index is 410. The predicted octanol–water partition coefficient (Wildman–Crippen LogP) is 2.90. The van der Waals surface area contributed by atoms with Crippen LogP contribution in [-0.2, 0) is 10.2 Å². The van der Waals surface area contributed by atoms with Gasteiger partial charge in [-0.2, -0.15) is 0 Å². The van der Waals surface area contributed by atoms with Crippen molar-refractivity contribution in [2.24, 2.45) is 0 Å². The Morgan fingerprint density at radius 3 is 2.69 bits per heavy atom. The first-order valence-corrected chi connectivity index (χ1v) is 5.95. The fourth-order valence-corrected chi connectivity index (χ4v) is 1.79. The highest BCUT2D eigenvalue weighted by molar-refractivity contribution is 6.30. The van der Waals surface area contributed by atoms with E-state index >= 15 is 0 Å². The molecule has 16 heavy (non-hydrogen) atoms. The number of carbonyl (C=O) groups excluding carboxylic acids is 1. The zero-order valence-electron chi connectivity index (χ0n) is 9.59. The molecule has 3 heteroatoms. The Balaban J connectivity index is 2.19. The number of hydrogen-bond acceptors (Lipinski definition) is 1. The number of amides is 1. The highest BCUT2D eigenvalue weighted by atomic mass is 35.5. The first-order valence-electron chi connectivity index (χ1n) is 5.57. The van der Waals surface area contributed by atoms with Gasteiger partial charge in [-0.1, -0.05) is 23.7 Å². The van der Waals surface area contributed by atoms with Crippen LogP contribution in [0.15, 0.2) is 24.3 Å². The SMILES string of the molecule is CC(C)(C(=O)NC1CC1)c1cccc(Cl)c1. The molecular formula is C13H16ClNO. The van der Waals surface area contributed by atoms with E-state index in [1.807, 2.05) is 38.1 Å². The molecule has 2 nitrogen and oxygen atoms in total. The van der Waals surface area contributed by atoms with Gasteiger partial charge in [0.2, 0.25) is 5.91 Å². The minimum Gasteiger partial charge on any atom is -0.353 e. The molecular weight excluding hydrogens is 222 g/mol. The minimum absolute atomic E-state index is 0.0808. The van der Waals surface area contributed by atoms with Crippen LogP contribution in [0.4, 0.5) is 0 Å². The van der Waals surface area contributed by atoms with Crippen LogP contribution in [0.5, 0.6) is 0 Å². The summed E-state index contributed by atoms with van der Waals surface area (Å²) in [6, 6.07) is 7.89. The number of carbonyl (C=O) groups is 1. The smallest absolute Gasteiger partial charge is 0.230 e. The van der Waals surface area contributed by atoms with E-state index in [2.05, 4.69) is 5.32 Å². The van der Waals surface area contributed by atoms with Crippen LogP contribution in [0.1, 0.15) is 32.3 Å². The van der Waals surface area contributed by atoms with Crippen LogP contribution in [0, 0.1) is 0 Å². The van der Waals surface area contributed by atoms with Gasteiger partial charge in [-0.25, -0.2) is 0 Å². The number of nitrogens with one attached hydrogen (secondary N) is 1. The van der Waals surface area contributed by atoms with E-state index in [4.69, 9.17) is 11.6 Å². The van der Waals surface area contributed by atoms with E-state index in [1.54, 1.807) is 0 Å². The van der Waals surface area contributed by atoms with Crippen LogP contribution in [0.3, 0.4) is 0 Å². The summed E-state index contributed by atoms with van der Waals surface area (Å²) >= 11 is 5.94. The van der Waals surface area contributed by atoms with Crippen LogP contribution in [-0.4, -0.2) is 11.9 Å². The van der Waals surface area contributed by atoms with Gasteiger partial charge in [-0.3, -0.25) is 4.79 Å². The maximum atomic E-state index is 12.1. The Morgan fingerprint density at radius 1 is 1.44 bits per heavy atom. The maximum absolute atomic E-state index is 12.1. The Morgan fingerprint density at radius 2 is 2.12 bits per heavy atom. The lowest BCUT2D eigenvalue weighted by atomic mass is 9.83. The van der Waals surface area contributed by atoms with E-state index in [-0.39, 0.29) is 5.91 Å². The Labute approximate surface area is 101 Å². The maximum Gasteiger partial charge on any atom is 0.230 e. The second-order valence-electron chi connectivity index (χ2n) is 4.88. The van der Waals surface area contributed by atoms with E-state index in [9.17, 15) is 4.79 Å². The van der Waals surface area contributed by atoms with Gasteiger partial charge in [0.15, 0.2) is 0 Å². The molecule has 86 valence electrons. The summed E-state index contributed by atoms with van der Waals surface area (Å²) in [4.78, 5) is 12.1. The molecule has 0 unspecified atom stereocenters. The van der Waals surface area contributed by atoms with Crippen molar-refractivity contribution in [3.05, 3.63) is 34.9 Å². The molecule has 1 fully saturated rings. The van der Waals surface area contributed by atoms with E-state index in [0.29, 0.717) is 11.1 Å². The molecule has 0 aliphatic heterocycles. The van der Waals surface area contributed by atoms with E-state index in [1.165, 1.54) is 0 Å². The molecule has 0 radical (unpaired) electrons. The third kappa shape index (κ3) is 2.38. The van der Waals surface area contributed by atoms with Crippen molar-refractivity contribution in [2.75, 3.05) is 0 Å². The first kappa shape index (κ1) is 11.5. The summed E-state index contributed by atoms with van der Waals surface area (Å²) in [6.45, 7) is 3.85. The van der Waals surface area contributed by atoms with Gasteiger partial charge in [-0.05, 0) is 44.4 Å². The van der Waals surface area contributed by atoms with Crippen molar-refractivity contribution in [1.29, 1.82) is 0 Å². The summed E-state index contributed by atoms with van der Waals surface area (Å²) in [5.74, 6) is 0.0808. The first-order chi connectivity index (χ1) is 7.50. The van der Waals surface area contributed by atoms with E-state index in [0.717, 1.165) is 18.4 Å². The van der Waals surface area contributed by atoms with Gasteiger partial charge >= 0.3 is 0 Å². The summed E-state index contributed by atoms with van der Waals surface area (Å²) in [7, 11) is 0. The fourth-order valence-electron chi connectivity index (χ4n) is 1.60. The van der Waals surface area contributed by atoms with Gasteiger partial charge in [0.05, 0.1) is 5.41 Å². The standard InChI is InChI=1S/C13H16ClNO/c1-13(2,12(16)15-11-6-7-11)9-4-3-5-10(14)8-9/h3-5,8,11H,6-7H2,1-2H3,(H,15,16). The summed E-state index contributed by atoms with van der Waals surface area (Å²) < 4.78 is 0. The molecule has 1 aliphatic carbocycles. The lowest BCUT2D eigenvalue weighted by Gasteiger charge is -2.24. The summed E-state index contributed by atoms with van der Waals surface area (Å²) in [5.41, 5.74) is 0.436. The monoisotopic (exact) mass is 237 g/mol. The van der Waals surface area contributed by atoms with Gasteiger partial charge in [0, 0.05) is 11.1 Å². The third-order valence-electron chi connectivity index (χ3n) is 3.03. The number of rotatable bonds is 3. The minimum atomic E-state index is -0.520. The molecule has 0 heterocycles. The summed E-state index contributed by atoms with van der Waals surface area (Å²) in [5, 5.41) is 3.70.